The number of carbonyl (C=O) groups excluding carboxylic acids is 1. The first kappa shape index (κ1) is 24.0. The van der Waals surface area contributed by atoms with Crippen LogP contribution in [0.25, 0.3) is 11.3 Å². The summed E-state index contributed by atoms with van der Waals surface area (Å²) in [6.07, 6.45) is 5.13. The second kappa shape index (κ2) is 10.4. The molecular weight excluding hydrogens is 468 g/mol. The molecule has 0 spiro atoms. The molecule has 4 rings (SSSR count). The zero-order valence-electron chi connectivity index (χ0n) is 19.7. The highest BCUT2D eigenvalue weighted by Gasteiger charge is 2.15. The van der Waals surface area contributed by atoms with Gasteiger partial charge < -0.3 is 20.1 Å². The molecule has 0 saturated heterocycles. The molecule has 2 aromatic carbocycles. The van der Waals surface area contributed by atoms with Crippen LogP contribution in [0.4, 0.5) is 17.3 Å². The fraction of sp³-hybridized carbons (Fsp3) is 0.200. The van der Waals surface area contributed by atoms with Gasteiger partial charge in [-0.15, -0.1) is 0 Å². The molecule has 180 valence electrons. The number of hydrogen-bond donors (Lipinski definition) is 2. The van der Waals surface area contributed by atoms with E-state index < -0.39 is 0 Å². The number of methoxy groups -OCH3 is 2. The zero-order chi connectivity index (χ0) is 24.9. The number of hydrogen-bond acceptors (Lipinski definition) is 7. The van der Waals surface area contributed by atoms with Gasteiger partial charge >= 0.3 is 0 Å². The lowest BCUT2D eigenvalue weighted by Gasteiger charge is -2.13. The van der Waals surface area contributed by atoms with Crippen LogP contribution in [0.1, 0.15) is 30.2 Å². The SMILES string of the molecule is COc1cccc(NC(=O)c2ccc(Nc3ncc(Cl)c(-c4cnn(C(C)C)c4)n3)c(OC)c2)c1. The molecule has 4 aromatic rings. The highest BCUT2D eigenvalue weighted by atomic mass is 35.5. The predicted molar refractivity (Wildman–Crippen MR) is 136 cm³/mol. The molecule has 0 aliphatic heterocycles. The summed E-state index contributed by atoms with van der Waals surface area (Å²) in [4.78, 5) is 21.6. The van der Waals surface area contributed by atoms with E-state index in [4.69, 9.17) is 21.1 Å². The average molecular weight is 493 g/mol. The molecule has 0 fully saturated rings. The van der Waals surface area contributed by atoms with E-state index in [1.807, 2.05) is 24.7 Å². The Kier molecular flexibility index (Phi) is 7.17. The van der Waals surface area contributed by atoms with Gasteiger partial charge in [-0.05, 0) is 44.2 Å². The van der Waals surface area contributed by atoms with E-state index in [0.29, 0.717) is 45.1 Å². The Morgan fingerprint density at radius 2 is 1.91 bits per heavy atom. The number of nitrogens with one attached hydrogen (secondary N) is 2. The maximum Gasteiger partial charge on any atom is 0.255 e. The van der Waals surface area contributed by atoms with Crippen LogP contribution in [-0.2, 0) is 0 Å². The maximum absolute atomic E-state index is 12.8. The molecule has 0 aliphatic carbocycles. The number of rotatable bonds is 8. The van der Waals surface area contributed by atoms with Gasteiger partial charge in [0.15, 0.2) is 0 Å². The Morgan fingerprint density at radius 3 is 2.63 bits per heavy atom. The highest BCUT2D eigenvalue weighted by Crippen LogP contribution is 2.31. The molecule has 0 radical (unpaired) electrons. The van der Waals surface area contributed by atoms with E-state index in [9.17, 15) is 4.79 Å². The lowest BCUT2D eigenvalue weighted by Crippen LogP contribution is -2.12. The van der Waals surface area contributed by atoms with Crippen molar-refractivity contribution >= 4 is 34.8 Å². The highest BCUT2D eigenvalue weighted by molar-refractivity contribution is 6.32. The summed E-state index contributed by atoms with van der Waals surface area (Å²) in [5.74, 6) is 1.15. The molecule has 2 heterocycles. The lowest BCUT2D eigenvalue weighted by molar-refractivity contribution is 0.102. The molecule has 0 saturated carbocycles. The minimum atomic E-state index is -0.282. The zero-order valence-corrected chi connectivity index (χ0v) is 20.5. The van der Waals surface area contributed by atoms with Gasteiger partial charge in [-0.25, -0.2) is 9.97 Å². The van der Waals surface area contributed by atoms with Crippen molar-refractivity contribution in [2.24, 2.45) is 0 Å². The number of ether oxygens (including phenoxy) is 2. The third kappa shape index (κ3) is 5.52. The number of benzene rings is 2. The van der Waals surface area contributed by atoms with Gasteiger partial charge in [-0.1, -0.05) is 17.7 Å². The summed E-state index contributed by atoms with van der Waals surface area (Å²) in [5, 5.41) is 10.8. The summed E-state index contributed by atoms with van der Waals surface area (Å²) in [7, 11) is 3.10. The van der Waals surface area contributed by atoms with Crippen molar-refractivity contribution in [3.63, 3.8) is 0 Å². The summed E-state index contributed by atoms with van der Waals surface area (Å²) < 4.78 is 12.5. The van der Waals surface area contributed by atoms with Crippen LogP contribution in [0, 0.1) is 0 Å². The number of amides is 1. The molecular formula is C25H25ClN6O3. The maximum atomic E-state index is 12.8. The fourth-order valence-electron chi connectivity index (χ4n) is 3.33. The molecule has 0 aliphatic rings. The monoisotopic (exact) mass is 492 g/mol. The molecule has 2 N–H and O–H groups in total. The van der Waals surface area contributed by atoms with Gasteiger partial charge in [-0.3, -0.25) is 9.48 Å². The van der Waals surface area contributed by atoms with Crippen molar-refractivity contribution in [3.05, 3.63) is 71.6 Å². The smallest absolute Gasteiger partial charge is 0.255 e. The van der Waals surface area contributed by atoms with Gasteiger partial charge in [0.1, 0.15) is 11.5 Å². The Labute approximate surface area is 208 Å². The van der Waals surface area contributed by atoms with E-state index in [1.165, 1.54) is 13.3 Å². The van der Waals surface area contributed by atoms with E-state index in [-0.39, 0.29) is 11.9 Å². The number of anilines is 3. The van der Waals surface area contributed by atoms with E-state index in [1.54, 1.807) is 55.8 Å². The van der Waals surface area contributed by atoms with Crippen molar-refractivity contribution in [1.82, 2.24) is 19.7 Å². The molecule has 9 nitrogen and oxygen atoms in total. The Bertz CT molecular complexity index is 1350. The minimum Gasteiger partial charge on any atom is -0.497 e. The molecule has 0 unspecified atom stereocenters. The third-order valence-corrected chi connectivity index (χ3v) is 5.46. The standard InChI is InChI=1S/C25H25ClN6O3/c1-15(2)32-14-17(12-28-32)23-20(26)13-27-25(31-23)30-21-9-8-16(10-22(21)35-4)24(33)29-18-6-5-7-19(11-18)34-3/h5-15H,1-4H3,(H,29,33)(H,27,30,31). The Hall–Kier alpha value is -4.11. The molecule has 2 aromatic heterocycles. The van der Waals surface area contributed by atoms with Crippen LogP contribution in [0.5, 0.6) is 11.5 Å². The van der Waals surface area contributed by atoms with Crippen LogP contribution >= 0.6 is 11.6 Å². The molecule has 0 bridgehead atoms. The third-order valence-electron chi connectivity index (χ3n) is 5.19. The minimum absolute atomic E-state index is 0.214. The van der Waals surface area contributed by atoms with Crippen molar-refractivity contribution in [2.45, 2.75) is 19.9 Å². The Balaban J connectivity index is 1.55. The van der Waals surface area contributed by atoms with E-state index >= 15 is 0 Å². The topological polar surface area (TPSA) is 103 Å². The van der Waals surface area contributed by atoms with Gasteiger partial charge in [0, 0.05) is 35.1 Å². The largest absolute Gasteiger partial charge is 0.497 e. The van der Waals surface area contributed by atoms with Gasteiger partial charge in [0.2, 0.25) is 5.95 Å². The van der Waals surface area contributed by atoms with Gasteiger partial charge in [0.05, 0.1) is 43.0 Å². The van der Waals surface area contributed by atoms with Crippen molar-refractivity contribution < 1.29 is 14.3 Å². The van der Waals surface area contributed by atoms with Crippen LogP contribution in [0.2, 0.25) is 5.02 Å². The van der Waals surface area contributed by atoms with Crippen molar-refractivity contribution in [3.8, 4) is 22.8 Å². The van der Waals surface area contributed by atoms with Gasteiger partial charge in [0.25, 0.3) is 5.91 Å². The first-order chi connectivity index (χ1) is 16.9. The molecule has 0 atom stereocenters. The van der Waals surface area contributed by atoms with Crippen LogP contribution in [0.15, 0.2) is 61.1 Å². The van der Waals surface area contributed by atoms with Crippen LogP contribution in [-0.4, -0.2) is 39.9 Å². The van der Waals surface area contributed by atoms with E-state index in [2.05, 4.69) is 25.7 Å². The number of carbonyl (C=O) groups is 1. The summed E-state index contributed by atoms with van der Waals surface area (Å²) in [5.41, 5.74) is 2.99. The second-order valence-electron chi connectivity index (χ2n) is 7.92. The number of halogens is 1. The van der Waals surface area contributed by atoms with E-state index in [0.717, 1.165) is 5.56 Å². The quantitative estimate of drug-likeness (QED) is 0.330. The summed E-state index contributed by atoms with van der Waals surface area (Å²) in [6, 6.07) is 12.4. The second-order valence-corrected chi connectivity index (χ2v) is 8.33. The fourth-order valence-corrected chi connectivity index (χ4v) is 3.53. The number of nitrogens with zero attached hydrogens (tertiary/aromatic N) is 4. The summed E-state index contributed by atoms with van der Waals surface area (Å²) >= 11 is 6.36. The Morgan fingerprint density at radius 1 is 1.09 bits per heavy atom. The first-order valence-corrected chi connectivity index (χ1v) is 11.2. The normalized spacial score (nSPS) is 10.8. The first-order valence-electron chi connectivity index (χ1n) is 10.9. The molecule has 35 heavy (non-hydrogen) atoms. The summed E-state index contributed by atoms with van der Waals surface area (Å²) in [6.45, 7) is 4.08. The molecule has 1 amide bonds. The van der Waals surface area contributed by atoms with Gasteiger partial charge in [-0.2, -0.15) is 5.10 Å². The predicted octanol–water partition coefficient (Wildman–Crippen LogP) is 5.59. The average Bonchev–Trinajstić information content (AvgIpc) is 3.36. The lowest BCUT2D eigenvalue weighted by atomic mass is 10.1. The van der Waals surface area contributed by atoms with Crippen LogP contribution < -0.4 is 20.1 Å². The van der Waals surface area contributed by atoms with Crippen molar-refractivity contribution in [1.29, 1.82) is 0 Å². The van der Waals surface area contributed by atoms with Crippen LogP contribution in [0.3, 0.4) is 0 Å². The van der Waals surface area contributed by atoms with Crippen molar-refractivity contribution in [2.75, 3.05) is 24.9 Å². The number of aromatic nitrogens is 4. The molecule has 10 heteroatoms.